The number of rotatable bonds is 4. The van der Waals surface area contributed by atoms with Crippen molar-refractivity contribution in [1.29, 1.82) is 0 Å². The second-order valence-corrected chi connectivity index (χ2v) is 5.50. The maximum absolute atomic E-state index is 11.1. The van der Waals surface area contributed by atoms with Crippen LogP contribution in [-0.4, -0.2) is 21.0 Å². The number of nitrogens with zero attached hydrogens (tertiary/aromatic N) is 2. The van der Waals surface area contributed by atoms with Crippen LogP contribution in [-0.2, 0) is 6.42 Å². The monoisotopic (exact) mass is 354 g/mol. The minimum absolute atomic E-state index is 0.156. The van der Waals surface area contributed by atoms with Crippen molar-refractivity contribution in [2.24, 2.45) is 0 Å². The molecule has 1 aromatic carbocycles. The molecule has 0 amide bonds. The molecular weight excluding hydrogens is 344 g/mol. The van der Waals surface area contributed by atoms with Gasteiger partial charge in [0.1, 0.15) is 0 Å². The van der Waals surface area contributed by atoms with E-state index in [0.717, 1.165) is 16.5 Å². The van der Waals surface area contributed by atoms with Crippen molar-refractivity contribution >= 4 is 33.5 Å². The first-order chi connectivity index (χ1) is 9.52. The number of hydrogen-bond donors (Lipinski definition) is 1. The highest BCUT2D eigenvalue weighted by atomic mass is 79.9. The van der Waals surface area contributed by atoms with E-state index >= 15 is 0 Å². The number of carboxylic acid groups (broad SMARTS) is 1. The number of benzene rings is 1. The molecule has 6 heteroatoms. The Morgan fingerprint density at radius 2 is 2.20 bits per heavy atom. The van der Waals surface area contributed by atoms with Crippen molar-refractivity contribution in [3.05, 3.63) is 45.1 Å². The van der Waals surface area contributed by atoms with Crippen LogP contribution in [0.25, 0.3) is 11.4 Å². The van der Waals surface area contributed by atoms with E-state index in [2.05, 4.69) is 25.9 Å². The van der Waals surface area contributed by atoms with Gasteiger partial charge in [0.05, 0.1) is 16.3 Å². The molecule has 0 radical (unpaired) electrons. The van der Waals surface area contributed by atoms with Crippen LogP contribution in [0.5, 0.6) is 0 Å². The second kappa shape index (κ2) is 6.33. The minimum atomic E-state index is -1.00. The largest absolute Gasteiger partial charge is 0.478 e. The number of aromatic carboxylic acids is 1. The summed E-state index contributed by atoms with van der Waals surface area (Å²) in [6, 6.07) is 5.36. The summed E-state index contributed by atoms with van der Waals surface area (Å²) in [5, 5.41) is 9.73. The molecule has 104 valence electrons. The molecule has 0 saturated heterocycles. The van der Waals surface area contributed by atoms with E-state index in [4.69, 9.17) is 16.7 Å². The van der Waals surface area contributed by atoms with Crippen molar-refractivity contribution < 1.29 is 9.90 Å². The number of carboxylic acids is 1. The predicted molar refractivity (Wildman–Crippen MR) is 81.1 cm³/mol. The van der Waals surface area contributed by atoms with Gasteiger partial charge in [0.15, 0.2) is 5.82 Å². The molecule has 1 aromatic heterocycles. The average Bonchev–Trinajstić information content (AvgIpc) is 2.42. The summed E-state index contributed by atoms with van der Waals surface area (Å²) in [6.07, 6.45) is 2.78. The van der Waals surface area contributed by atoms with Gasteiger partial charge >= 0.3 is 5.97 Å². The number of aromatic nitrogens is 2. The Bertz CT molecular complexity index is 662. The van der Waals surface area contributed by atoms with Crippen LogP contribution in [0.15, 0.2) is 28.9 Å². The summed E-state index contributed by atoms with van der Waals surface area (Å²) in [4.78, 5) is 19.6. The Morgan fingerprint density at radius 3 is 2.80 bits per heavy atom. The lowest BCUT2D eigenvalue weighted by Crippen LogP contribution is -2.07. The number of carbonyl (C=O) groups is 1. The lowest BCUT2D eigenvalue weighted by molar-refractivity contribution is 0.0694. The topological polar surface area (TPSA) is 63.1 Å². The van der Waals surface area contributed by atoms with E-state index in [-0.39, 0.29) is 5.56 Å². The first-order valence-corrected chi connectivity index (χ1v) is 7.24. The van der Waals surface area contributed by atoms with Crippen LogP contribution in [0.4, 0.5) is 0 Å². The molecule has 4 nitrogen and oxygen atoms in total. The third-order valence-electron chi connectivity index (χ3n) is 2.76. The van der Waals surface area contributed by atoms with E-state index in [1.54, 1.807) is 12.1 Å². The third kappa shape index (κ3) is 3.16. The van der Waals surface area contributed by atoms with Gasteiger partial charge in [-0.1, -0.05) is 24.9 Å². The molecule has 0 bridgehead atoms. The Kier molecular flexibility index (Phi) is 4.73. The van der Waals surface area contributed by atoms with Crippen LogP contribution in [0.3, 0.4) is 0 Å². The van der Waals surface area contributed by atoms with E-state index in [1.165, 1.54) is 6.20 Å². The molecule has 0 spiro atoms. The van der Waals surface area contributed by atoms with Crippen molar-refractivity contribution in [2.45, 2.75) is 19.8 Å². The third-order valence-corrected chi connectivity index (χ3v) is 3.98. The summed E-state index contributed by atoms with van der Waals surface area (Å²) in [5.74, 6) is -0.506. The molecule has 2 rings (SSSR count). The molecule has 0 aliphatic rings. The fourth-order valence-electron chi connectivity index (χ4n) is 1.80. The lowest BCUT2D eigenvalue weighted by Gasteiger charge is -2.07. The SMILES string of the molecule is CCCc1nc(-c2ccc(Cl)c(Br)c2)ncc1C(=O)O. The van der Waals surface area contributed by atoms with Gasteiger partial charge in [-0.05, 0) is 40.5 Å². The zero-order valence-electron chi connectivity index (χ0n) is 10.7. The Labute approximate surface area is 130 Å². The fourth-order valence-corrected chi connectivity index (χ4v) is 2.29. The maximum Gasteiger partial charge on any atom is 0.339 e. The molecule has 20 heavy (non-hydrogen) atoms. The zero-order valence-corrected chi connectivity index (χ0v) is 13.1. The molecular formula is C14H12BrClN2O2. The van der Waals surface area contributed by atoms with Crippen molar-refractivity contribution in [3.63, 3.8) is 0 Å². The number of aryl methyl sites for hydroxylation is 1. The highest BCUT2D eigenvalue weighted by Gasteiger charge is 2.14. The molecule has 1 N–H and O–H groups in total. The van der Waals surface area contributed by atoms with Gasteiger partial charge in [-0.3, -0.25) is 0 Å². The Hall–Kier alpha value is -1.46. The first kappa shape index (κ1) is 14.9. The smallest absolute Gasteiger partial charge is 0.339 e. The molecule has 0 aliphatic heterocycles. The van der Waals surface area contributed by atoms with E-state index in [0.29, 0.717) is 23.0 Å². The van der Waals surface area contributed by atoms with Gasteiger partial charge in [0.2, 0.25) is 0 Å². The van der Waals surface area contributed by atoms with E-state index < -0.39 is 5.97 Å². The van der Waals surface area contributed by atoms with E-state index in [9.17, 15) is 4.79 Å². The van der Waals surface area contributed by atoms with Gasteiger partial charge in [0.25, 0.3) is 0 Å². The maximum atomic E-state index is 11.1. The Morgan fingerprint density at radius 1 is 1.45 bits per heavy atom. The van der Waals surface area contributed by atoms with Crippen molar-refractivity contribution in [2.75, 3.05) is 0 Å². The summed E-state index contributed by atoms with van der Waals surface area (Å²) < 4.78 is 0.750. The van der Waals surface area contributed by atoms with Gasteiger partial charge in [0, 0.05) is 16.2 Å². The van der Waals surface area contributed by atoms with Gasteiger partial charge in [-0.25, -0.2) is 14.8 Å². The summed E-state index contributed by atoms with van der Waals surface area (Å²) >= 11 is 9.30. The van der Waals surface area contributed by atoms with Crippen LogP contribution in [0.2, 0.25) is 5.02 Å². The standard InChI is InChI=1S/C14H12BrClN2O2/c1-2-3-12-9(14(19)20)7-17-13(18-12)8-4-5-11(16)10(15)6-8/h4-7H,2-3H2,1H3,(H,19,20). The fraction of sp³-hybridized carbons (Fsp3) is 0.214. The van der Waals surface area contributed by atoms with Gasteiger partial charge < -0.3 is 5.11 Å². The van der Waals surface area contributed by atoms with Crippen LogP contribution >= 0.6 is 27.5 Å². The average molecular weight is 356 g/mol. The molecule has 0 fully saturated rings. The predicted octanol–water partition coefficient (Wildman–Crippen LogP) is 4.21. The van der Waals surface area contributed by atoms with Gasteiger partial charge in [-0.15, -0.1) is 0 Å². The molecule has 0 saturated carbocycles. The second-order valence-electron chi connectivity index (χ2n) is 4.24. The summed E-state index contributed by atoms with van der Waals surface area (Å²) in [6.45, 7) is 1.98. The molecule has 0 aliphatic carbocycles. The highest BCUT2D eigenvalue weighted by Crippen LogP contribution is 2.27. The summed E-state index contributed by atoms with van der Waals surface area (Å²) in [7, 11) is 0. The van der Waals surface area contributed by atoms with Crippen molar-refractivity contribution in [1.82, 2.24) is 9.97 Å². The molecule has 1 heterocycles. The minimum Gasteiger partial charge on any atom is -0.478 e. The van der Waals surface area contributed by atoms with Gasteiger partial charge in [-0.2, -0.15) is 0 Å². The van der Waals surface area contributed by atoms with E-state index in [1.807, 2.05) is 13.0 Å². The highest BCUT2D eigenvalue weighted by molar-refractivity contribution is 9.10. The summed E-state index contributed by atoms with van der Waals surface area (Å²) in [5.41, 5.74) is 1.50. The molecule has 0 atom stereocenters. The van der Waals surface area contributed by atoms with Crippen LogP contribution in [0.1, 0.15) is 29.4 Å². The number of hydrogen-bond acceptors (Lipinski definition) is 3. The first-order valence-electron chi connectivity index (χ1n) is 6.07. The quantitative estimate of drug-likeness (QED) is 0.892. The normalized spacial score (nSPS) is 10.6. The Balaban J connectivity index is 2.49. The zero-order chi connectivity index (χ0) is 14.7. The van der Waals surface area contributed by atoms with Crippen molar-refractivity contribution in [3.8, 4) is 11.4 Å². The number of halogens is 2. The molecule has 2 aromatic rings. The van der Waals surface area contributed by atoms with Crippen LogP contribution < -0.4 is 0 Å². The molecule has 0 unspecified atom stereocenters. The lowest BCUT2D eigenvalue weighted by atomic mass is 10.1. The van der Waals surface area contributed by atoms with Crippen LogP contribution in [0, 0.1) is 0 Å².